The van der Waals surface area contributed by atoms with Crippen LogP contribution < -0.4 is 9.80 Å². The molecule has 0 saturated carbocycles. The molecule has 0 aliphatic carbocycles. The molecule has 4 heteroatoms. The number of benzene rings is 10. The second kappa shape index (κ2) is 14.7. The molecule has 0 bridgehead atoms. The number of hydrogen-bond acceptors (Lipinski definition) is 4. The molecule has 10 aromatic carbocycles. The SMILES string of the molecule is c1ccc(-c2ccc(N(c3cccc(-c4cccc(N(c5cccc6ccccc56)c5cccc6oc7ccccc7c56)c4)c3)c3cccc4oc5ccccc5c34)cc2)cc1. The molecule has 12 rings (SSSR count). The third-order valence-corrected chi connectivity index (χ3v) is 12.0. The van der Waals surface area contributed by atoms with Gasteiger partial charge in [0.2, 0.25) is 0 Å². The zero-order valence-corrected chi connectivity index (χ0v) is 33.7. The second-order valence-corrected chi connectivity index (χ2v) is 15.7. The molecule has 0 amide bonds. The lowest BCUT2D eigenvalue weighted by molar-refractivity contribution is 0.668. The van der Waals surface area contributed by atoms with Gasteiger partial charge in [-0.25, -0.2) is 0 Å². The van der Waals surface area contributed by atoms with Crippen molar-refractivity contribution in [1.29, 1.82) is 0 Å². The highest BCUT2D eigenvalue weighted by molar-refractivity contribution is 6.15. The van der Waals surface area contributed by atoms with Gasteiger partial charge in [0.1, 0.15) is 22.3 Å². The van der Waals surface area contributed by atoms with Crippen molar-refractivity contribution in [3.05, 3.63) is 231 Å². The Morgan fingerprint density at radius 1 is 0.258 bits per heavy atom. The summed E-state index contributed by atoms with van der Waals surface area (Å²) in [5.74, 6) is 0. The van der Waals surface area contributed by atoms with Gasteiger partial charge < -0.3 is 18.6 Å². The summed E-state index contributed by atoms with van der Waals surface area (Å²) in [6, 6.07) is 81.7. The summed E-state index contributed by atoms with van der Waals surface area (Å²) in [5, 5.41) is 6.68. The summed E-state index contributed by atoms with van der Waals surface area (Å²) in [6.45, 7) is 0. The molecule has 0 N–H and O–H groups in total. The van der Waals surface area contributed by atoms with Crippen molar-refractivity contribution >= 4 is 88.8 Å². The van der Waals surface area contributed by atoms with Gasteiger partial charge in [-0.1, -0.05) is 152 Å². The smallest absolute Gasteiger partial charge is 0.137 e. The summed E-state index contributed by atoms with van der Waals surface area (Å²) in [5.41, 5.74) is 14.3. The van der Waals surface area contributed by atoms with E-state index in [1.165, 1.54) is 21.9 Å². The fourth-order valence-corrected chi connectivity index (χ4v) is 9.21. The van der Waals surface area contributed by atoms with Gasteiger partial charge in [0.25, 0.3) is 0 Å². The van der Waals surface area contributed by atoms with Gasteiger partial charge >= 0.3 is 0 Å². The predicted octanol–water partition coefficient (Wildman–Crippen LogP) is 16.9. The van der Waals surface area contributed by atoms with Gasteiger partial charge in [0.15, 0.2) is 0 Å². The Hall–Kier alpha value is -8.34. The number of nitrogens with zero attached hydrogens (tertiary/aromatic N) is 2. The molecule has 292 valence electrons. The zero-order chi connectivity index (χ0) is 41.0. The highest BCUT2D eigenvalue weighted by Crippen LogP contribution is 2.47. The minimum absolute atomic E-state index is 0.854. The summed E-state index contributed by atoms with van der Waals surface area (Å²) in [7, 11) is 0. The number of furan rings is 2. The molecule has 2 aromatic heterocycles. The number of fused-ring (bicyclic) bond motifs is 7. The maximum atomic E-state index is 6.44. The van der Waals surface area contributed by atoms with Crippen LogP contribution in [0.4, 0.5) is 34.1 Å². The van der Waals surface area contributed by atoms with Crippen LogP contribution in [-0.4, -0.2) is 0 Å². The minimum Gasteiger partial charge on any atom is -0.456 e. The van der Waals surface area contributed by atoms with Crippen molar-refractivity contribution in [2.24, 2.45) is 0 Å². The normalized spacial score (nSPS) is 11.5. The highest BCUT2D eigenvalue weighted by Gasteiger charge is 2.23. The van der Waals surface area contributed by atoms with Crippen molar-refractivity contribution in [2.45, 2.75) is 0 Å². The van der Waals surface area contributed by atoms with E-state index in [1.807, 2.05) is 24.3 Å². The van der Waals surface area contributed by atoms with Crippen molar-refractivity contribution in [3.63, 3.8) is 0 Å². The van der Waals surface area contributed by atoms with E-state index >= 15 is 0 Å². The Balaban J connectivity index is 1.03. The molecule has 0 unspecified atom stereocenters. The molecule has 0 spiro atoms. The molecule has 12 aromatic rings. The summed E-state index contributed by atoms with van der Waals surface area (Å²) in [6.07, 6.45) is 0. The third kappa shape index (κ3) is 6.00. The van der Waals surface area contributed by atoms with Crippen LogP contribution in [0.5, 0.6) is 0 Å². The van der Waals surface area contributed by atoms with Crippen LogP contribution in [0.15, 0.2) is 239 Å². The van der Waals surface area contributed by atoms with Crippen LogP contribution >= 0.6 is 0 Å². The van der Waals surface area contributed by atoms with Crippen LogP contribution in [0.3, 0.4) is 0 Å². The van der Waals surface area contributed by atoms with Crippen LogP contribution in [0.2, 0.25) is 0 Å². The Labute approximate surface area is 358 Å². The minimum atomic E-state index is 0.854. The molecule has 2 heterocycles. The highest BCUT2D eigenvalue weighted by atomic mass is 16.3. The van der Waals surface area contributed by atoms with Crippen molar-refractivity contribution in [2.75, 3.05) is 9.80 Å². The molecule has 0 atom stereocenters. The molecule has 0 aliphatic heterocycles. The molecule has 4 nitrogen and oxygen atoms in total. The monoisotopic (exact) mass is 794 g/mol. The van der Waals surface area contributed by atoms with Gasteiger partial charge in [-0.3, -0.25) is 0 Å². The lowest BCUT2D eigenvalue weighted by Gasteiger charge is -2.28. The van der Waals surface area contributed by atoms with Gasteiger partial charge in [0, 0.05) is 33.2 Å². The van der Waals surface area contributed by atoms with Gasteiger partial charge in [0.05, 0.1) is 27.8 Å². The van der Waals surface area contributed by atoms with E-state index in [9.17, 15) is 0 Å². The van der Waals surface area contributed by atoms with Gasteiger partial charge in [-0.15, -0.1) is 0 Å². The van der Waals surface area contributed by atoms with E-state index in [2.05, 4.69) is 216 Å². The number of anilines is 6. The van der Waals surface area contributed by atoms with Gasteiger partial charge in [-0.2, -0.15) is 0 Å². The van der Waals surface area contributed by atoms with E-state index in [-0.39, 0.29) is 0 Å². The maximum absolute atomic E-state index is 6.44. The van der Waals surface area contributed by atoms with Crippen LogP contribution in [0, 0.1) is 0 Å². The van der Waals surface area contributed by atoms with Crippen molar-refractivity contribution in [1.82, 2.24) is 0 Å². The largest absolute Gasteiger partial charge is 0.456 e. The van der Waals surface area contributed by atoms with E-state index in [4.69, 9.17) is 8.83 Å². The molecule has 62 heavy (non-hydrogen) atoms. The number of hydrogen-bond donors (Lipinski definition) is 0. The standard InChI is InChI=1S/C58H38N2O2/c1-2-15-39(16-3-1)40-33-35-44(36-34-40)59(51-27-13-31-55-57(51)48-24-6-8-29-53(48)61-55)45-21-10-19-42(37-45)43-20-11-22-46(38-43)60(50-26-12-18-41-17-4-5-23-47(41)50)52-28-14-32-56-58(52)49-25-7-9-30-54(49)62-56/h1-38H. The predicted molar refractivity (Wildman–Crippen MR) is 259 cm³/mol. The fraction of sp³-hybridized carbons (Fsp3) is 0. The maximum Gasteiger partial charge on any atom is 0.137 e. The average Bonchev–Trinajstić information content (AvgIpc) is 3.92. The first-order valence-electron chi connectivity index (χ1n) is 21.0. The molecular weight excluding hydrogens is 757 g/mol. The number of rotatable bonds is 8. The fourth-order valence-electron chi connectivity index (χ4n) is 9.21. The van der Waals surface area contributed by atoms with Crippen LogP contribution in [-0.2, 0) is 0 Å². The Kier molecular flexibility index (Phi) is 8.46. The summed E-state index contributed by atoms with van der Waals surface area (Å²) >= 11 is 0. The van der Waals surface area contributed by atoms with Gasteiger partial charge in [-0.05, 0) is 107 Å². The van der Waals surface area contributed by atoms with E-state index < -0.39 is 0 Å². The Morgan fingerprint density at radius 2 is 0.694 bits per heavy atom. The number of para-hydroxylation sites is 2. The van der Waals surface area contributed by atoms with Crippen molar-refractivity contribution < 1.29 is 8.83 Å². The first-order chi connectivity index (χ1) is 30.7. The third-order valence-electron chi connectivity index (χ3n) is 12.0. The van der Waals surface area contributed by atoms with Crippen LogP contribution in [0.1, 0.15) is 0 Å². The Morgan fingerprint density at radius 3 is 1.34 bits per heavy atom. The second-order valence-electron chi connectivity index (χ2n) is 15.7. The molecule has 0 aliphatic rings. The average molecular weight is 795 g/mol. The topological polar surface area (TPSA) is 32.8 Å². The molecular formula is C58H38N2O2. The van der Waals surface area contributed by atoms with Crippen molar-refractivity contribution in [3.8, 4) is 22.3 Å². The molecule has 0 radical (unpaired) electrons. The summed E-state index contributed by atoms with van der Waals surface area (Å²) in [4.78, 5) is 4.75. The van der Waals surface area contributed by atoms with E-state index in [0.29, 0.717) is 0 Å². The summed E-state index contributed by atoms with van der Waals surface area (Å²) < 4.78 is 12.9. The lowest BCUT2D eigenvalue weighted by Crippen LogP contribution is -2.11. The van der Waals surface area contributed by atoms with E-state index in [1.54, 1.807) is 0 Å². The quantitative estimate of drug-likeness (QED) is 0.153. The lowest BCUT2D eigenvalue weighted by atomic mass is 10.0. The van der Waals surface area contributed by atoms with E-state index in [0.717, 1.165) is 89.1 Å². The molecule has 0 saturated heterocycles. The Bertz CT molecular complexity index is 3600. The van der Waals surface area contributed by atoms with Crippen LogP contribution in [0.25, 0.3) is 76.9 Å². The first-order valence-corrected chi connectivity index (χ1v) is 21.0. The first kappa shape index (κ1) is 35.6. The zero-order valence-electron chi connectivity index (χ0n) is 33.7. The molecule has 0 fully saturated rings.